The molecule has 0 aliphatic carbocycles. The average molecular weight is 641 g/mol. The first-order valence-corrected chi connectivity index (χ1v) is 16.5. The lowest BCUT2D eigenvalue weighted by molar-refractivity contribution is -0.0517. The van der Waals surface area contributed by atoms with Crippen LogP contribution in [0, 0.1) is 0 Å². The molecule has 0 N–H and O–H groups in total. The highest BCUT2D eigenvalue weighted by Crippen LogP contribution is 2.35. The van der Waals surface area contributed by atoms with Gasteiger partial charge in [-0.1, -0.05) is 91.0 Å². The lowest BCUT2D eigenvalue weighted by Crippen LogP contribution is -2.21. The largest absolute Gasteiger partial charge is 0.741 e. The van der Waals surface area contributed by atoms with Gasteiger partial charge in [-0.05, 0) is 106 Å². The number of halogens is 3. The highest BCUT2D eigenvalue weighted by Gasteiger charge is 2.37. The van der Waals surface area contributed by atoms with Gasteiger partial charge < -0.3 is 4.55 Å². The molecule has 8 heteroatoms. The maximum absolute atomic E-state index is 10.7. The van der Waals surface area contributed by atoms with Crippen LogP contribution in [-0.2, 0) is 21.0 Å². The predicted octanol–water partition coefficient (Wildman–Crippen LogP) is 9.83. The molecule has 0 atom stereocenters. The van der Waals surface area contributed by atoms with E-state index in [0.29, 0.717) is 0 Å². The Labute approximate surface area is 263 Å². The second kappa shape index (κ2) is 14.0. The van der Waals surface area contributed by atoms with Crippen molar-refractivity contribution < 1.29 is 26.1 Å². The Bertz CT molecular complexity index is 1710. The quantitative estimate of drug-likeness (QED) is 0.103. The lowest BCUT2D eigenvalue weighted by atomic mass is 10.1. The maximum atomic E-state index is 10.7. The molecule has 6 rings (SSSR count). The van der Waals surface area contributed by atoms with Gasteiger partial charge in [-0.15, -0.1) is 0 Å². The number of rotatable bonds is 6. The van der Waals surface area contributed by atoms with Crippen LogP contribution < -0.4 is 0 Å². The van der Waals surface area contributed by atoms with E-state index in [4.69, 9.17) is 13.0 Å². The second-order valence-electron chi connectivity index (χ2n) is 9.88. The molecule has 6 aromatic rings. The van der Waals surface area contributed by atoms with Crippen molar-refractivity contribution in [1.29, 1.82) is 0 Å². The average Bonchev–Trinajstić information content (AvgIpc) is 3.06. The van der Waals surface area contributed by atoms with Crippen LogP contribution in [0.5, 0.6) is 0 Å². The fourth-order valence-corrected chi connectivity index (χ4v) is 6.69. The van der Waals surface area contributed by atoms with Crippen LogP contribution in [0.25, 0.3) is 33.4 Å². The zero-order chi connectivity index (χ0) is 31.9. The van der Waals surface area contributed by atoms with Gasteiger partial charge in [-0.3, -0.25) is 0 Å². The van der Waals surface area contributed by atoms with Crippen LogP contribution in [0.4, 0.5) is 13.2 Å². The SMILES string of the molecule is O=S(=O)([O-])C(F)(F)F.c1ccc(-c2ccc([S+](c3ccc(-c4ccccc4)cc3)c3ccc(-c4ccccc4)cc3)cc2)cc1. The monoisotopic (exact) mass is 640 g/mol. The number of hydrogen-bond acceptors (Lipinski definition) is 3. The van der Waals surface area contributed by atoms with E-state index >= 15 is 0 Å². The minimum Gasteiger partial charge on any atom is -0.741 e. The third kappa shape index (κ3) is 8.10. The summed E-state index contributed by atoms with van der Waals surface area (Å²) in [5.74, 6) is 0. The van der Waals surface area contributed by atoms with Crippen molar-refractivity contribution in [3.05, 3.63) is 164 Å². The van der Waals surface area contributed by atoms with Gasteiger partial charge in [0.05, 0.1) is 10.9 Å². The van der Waals surface area contributed by atoms with Crippen LogP contribution >= 0.6 is 0 Å². The van der Waals surface area contributed by atoms with Gasteiger partial charge >= 0.3 is 5.51 Å². The zero-order valence-electron chi connectivity index (χ0n) is 23.8. The van der Waals surface area contributed by atoms with Crippen molar-refractivity contribution in [1.82, 2.24) is 0 Å². The van der Waals surface area contributed by atoms with Crippen molar-refractivity contribution in [2.24, 2.45) is 0 Å². The predicted molar refractivity (Wildman–Crippen MR) is 174 cm³/mol. The Morgan fingerprint density at radius 1 is 0.400 bits per heavy atom. The van der Waals surface area contributed by atoms with Crippen molar-refractivity contribution in [3.63, 3.8) is 0 Å². The molecule has 3 nitrogen and oxygen atoms in total. The van der Waals surface area contributed by atoms with Gasteiger partial charge in [0.1, 0.15) is 0 Å². The summed E-state index contributed by atoms with van der Waals surface area (Å²) in [4.78, 5) is 3.96. The van der Waals surface area contributed by atoms with Gasteiger partial charge in [-0.2, -0.15) is 13.2 Å². The first-order valence-electron chi connectivity index (χ1n) is 13.8. The Morgan fingerprint density at radius 3 is 0.800 bits per heavy atom. The first kappa shape index (κ1) is 31.8. The van der Waals surface area contributed by atoms with E-state index in [-0.39, 0.29) is 10.9 Å². The molecule has 0 heterocycles. The molecule has 226 valence electrons. The van der Waals surface area contributed by atoms with Crippen molar-refractivity contribution in [3.8, 4) is 33.4 Å². The summed E-state index contributed by atoms with van der Waals surface area (Å²) in [7, 11) is -6.30. The lowest BCUT2D eigenvalue weighted by Gasteiger charge is -2.11. The van der Waals surface area contributed by atoms with E-state index in [9.17, 15) is 13.2 Å². The normalized spacial score (nSPS) is 11.5. The molecule has 0 unspecified atom stereocenters. The number of alkyl halides is 3. The van der Waals surface area contributed by atoms with Crippen LogP contribution in [-0.4, -0.2) is 18.5 Å². The minimum atomic E-state index is -6.09. The van der Waals surface area contributed by atoms with E-state index < -0.39 is 15.6 Å². The first-order chi connectivity index (χ1) is 21.6. The fraction of sp³-hybridized carbons (Fsp3) is 0.0270. The zero-order valence-corrected chi connectivity index (χ0v) is 25.4. The molecule has 0 radical (unpaired) electrons. The molecule has 0 spiro atoms. The maximum Gasteiger partial charge on any atom is 0.485 e. The van der Waals surface area contributed by atoms with Gasteiger partial charge in [0.25, 0.3) is 0 Å². The Morgan fingerprint density at radius 2 is 0.600 bits per heavy atom. The molecule has 6 aromatic carbocycles. The number of benzene rings is 6. The Balaban J connectivity index is 0.000000444. The van der Waals surface area contributed by atoms with Crippen molar-refractivity contribution in [2.45, 2.75) is 20.2 Å². The third-order valence-corrected chi connectivity index (χ3v) is 9.67. The molecule has 0 saturated carbocycles. The Kier molecular flexibility index (Phi) is 9.88. The number of hydrogen-bond donors (Lipinski definition) is 0. The fourth-order valence-electron chi connectivity index (χ4n) is 4.65. The summed E-state index contributed by atoms with van der Waals surface area (Å²) in [6.45, 7) is 0. The van der Waals surface area contributed by atoms with Gasteiger partial charge in [-0.25, -0.2) is 8.42 Å². The topological polar surface area (TPSA) is 57.2 Å². The molecule has 0 fully saturated rings. The summed E-state index contributed by atoms with van der Waals surface area (Å²) in [5.41, 5.74) is 1.81. The molecule has 0 aliphatic rings. The summed E-state index contributed by atoms with van der Waals surface area (Å²) in [6.07, 6.45) is 0. The molecular weight excluding hydrogens is 614 g/mol. The van der Waals surface area contributed by atoms with Gasteiger partial charge in [0.15, 0.2) is 24.8 Å². The molecule has 0 amide bonds. The summed E-state index contributed by atoms with van der Waals surface area (Å²) >= 11 is 0. The van der Waals surface area contributed by atoms with E-state index in [1.54, 1.807) is 0 Å². The highest BCUT2D eigenvalue weighted by atomic mass is 32.2. The van der Waals surface area contributed by atoms with Crippen molar-refractivity contribution in [2.75, 3.05) is 0 Å². The van der Waals surface area contributed by atoms with Crippen LogP contribution in [0.1, 0.15) is 0 Å². The minimum absolute atomic E-state index is 0.209. The second-order valence-corrected chi connectivity index (χ2v) is 13.3. The van der Waals surface area contributed by atoms with Crippen LogP contribution in [0.15, 0.2) is 178 Å². The molecule has 0 aromatic heterocycles. The molecule has 0 bridgehead atoms. The molecule has 45 heavy (non-hydrogen) atoms. The van der Waals surface area contributed by atoms with Crippen LogP contribution in [0.2, 0.25) is 0 Å². The van der Waals surface area contributed by atoms with E-state index in [0.717, 1.165) is 0 Å². The summed E-state index contributed by atoms with van der Waals surface area (Å²) < 4.78 is 58.9. The van der Waals surface area contributed by atoms with Gasteiger partial charge in [0, 0.05) is 0 Å². The van der Waals surface area contributed by atoms with E-state index in [2.05, 4.69) is 164 Å². The summed E-state index contributed by atoms with van der Waals surface area (Å²) in [6, 6.07) is 59.0. The highest BCUT2D eigenvalue weighted by molar-refractivity contribution is 7.97. The van der Waals surface area contributed by atoms with Crippen molar-refractivity contribution >= 4 is 21.0 Å². The molecule has 0 aliphatic heterocycles. The summed E-state index contributed by atoms with van der Waals surface area (Å²) in [5, 5.41) is 0. The molecular formula is C37H27F3O3S2. The van der Waals surface area contributed by atoms with E-state index in [1.807, 2.05) is 0 Å². The van der Waals surface area contributed by atoms with Gasteiger partial charge in [0.2, 0.25) is 0 Å². The van der Waals surface area contributed by atoms with Crippen LogP contribution in [0.3, 0.4) is 0 Å². The standard InChI is InChI=1S/C36H27S.CHF3O3S/c1-4-10-28(11-5-1)31-16-22-34(23-17-31)37(35-24-18-32(19-25-35)29-12-6-2-7-13-29)36-26-20-33(21-27-36)30-14-8-3-9-15-30;2-1(3,4)8(5,6)7/h1-27H;(H,5,6,7)/q+1;/p-1. The van der Waals surface area contributed by atoms with E-state index in [1.165, 1.54) is 48.1 Å². The Hall–Kier alpha value is -4.63. The molecule has 0 saturated heterocycles. The third-order valence-electron chi connectivity index (χ3n) is 6.87. The smallest absolute Gasteiger partial charge is 0.485 e.